The highest BCUT2D eigenvalue weighted by atomic mass is 32.1. The molecule has 0 spiro atoms. The third kappa shape index (κ3) is 3.95. The average molecular weight is 208 g/mol. The Morgan fingerprint density at radius 2 is 2.36 bits per heavy atom. The van der Waals surface area contributed by atoms with Crippen LogP contribution < -0.4 is 5.32 Å². The lowest BCUT2D eigenvalue weighted by Gasteiger charge is -2.04. The van der Waals surface area contributed by atoms with Crippen molar-refractivity contribution in [2.75, 3.05) is 19.4 Å². The summed E-state index contributed by atoms with van der Waals surface area (Å²) in [5, 5.41) is 3.29. The number of aromatic nitrogens is 1. The van der Waals surface area contributed by atoms with Crippen molar-refractivity contribution in [2.24, 2.45) is 4.99 Å². The Hall–Kier alpha value is -1.49. The summed E-state index contributed by atoms with van der Waals surface area (Å²) in [6.45, 7) is 0. The van der Waals surface area contributed by atoms with E-state index in [4.69, 9.17) is 12.2 Å². The number of hydrogen-bond acceptors (Lipinski definition) is 2. The van der Waals surface area contributed by atoms with Crippen molar-refractivity contribution < 1.29 is 0 Å². The first-order chi connectivity index (χ1) is 6.68. The Morgan fingerprint density at radius 1 is 1.57 bits per heavy atom. The molecule has 5 heteroatoms. The van der Waals surface area contributed by atoms with Crippen LogP contribution in [0.1, 0.15) is 0 Å². The van der Waals surface area contributed by atoms with Crippen molar-refractivity contribution >= 4 is 29.5 Å². The normalized spacial score (nSPS) is 10.1. The van der Waals surface area contributed by atoms with Gasteiger partial charge in [0.15, 0.2) is 5.11 Å². The molecule has 0 fully saturated rings. The number of anilines is 1. The highest BCUT2D eigenvalue weighted by Crippen LogP contribution is 1.99. The topological polar surface area (TPSA) is 40.5 Å². The van der Waals surface area contributed by atoms with Gasteiger partial charge in [-0.2, -0.15) is 0 Å². The van der Waals surface area contributed by atoms with Crippen LogP contribution in [0.25, 0.3) is 0 Å². The van der Waals surface area contributed by atoms with Gasteiger partial charge >= 0.3 is 0 Å². The lowest BCUT2D eigenvalue weighted by Crippen LogP contribution is -2.13. The van der Waals surface area contributed by atoms with Gasteiger partial charge in [0.05, 0.1) is 6.34 Å². The minimum atomic E-state index is 0.400. The summed E-state index contributed by atoms with van der Waals surface area (Å²) in [5.41, 5.74) is 0. The lowest BCUT2D eigenvalue weighted by atomic mass is 10.5. The van der Waals surface area contributed by atoms with Gasteiger partial charge in [-0.3, -0.25) is 0 Å². The van der Waals surface area contributed by atoms with Crippen LogP contribution in [0.3, 0.4) is 0 Å². The van der Waals surface area contributed by atoms with Crippen LogP contribution in [-0.2, 0) is 0 Å². The van der Waals surface area contributed by atoms with Crippen LogP contribution in [0, 0.1) is 0 Å². The van der Waals surface area contributed by atoms with Crippen LogP contribution in [0.15, 0.2) is 29.4 Å². The van der Waals surface area contributed by atoms with Gasteiger partial charge in [0.1, 0.15) is 5.82 Å². The molecular weight excluding hydrogens is 196 g/mol. The highest BCUT2D eigenvalue weighted by Gasteiger charge is 1.93. The summed E-state index contributed by atoms with van der Waals surface area (Å²) >= 11 is 4.98. The molecule has 0 atom stereocenters. The van der Waals surface area contributed by atoms with E-state index in [0.717, 1.165) is 0 Å². The molecule has 0 aliphatic rings. The first-order valence-corrected chi connectivity index (χ1v) is 4.52. The molecule has 4 nitrogen and oxygen atoms in total. The fourth-order valence-electron chi connectivity index (χ4n) is 0.746. The van der Waals surface area contributed by atoms with E-state index in [9.17, 15) is 0 Å². The molecule has 0 bridgehead atoms. The first kappa shape index (κ1) is 10.6. The van der Waals surface area contributed by atoms with E-state index in [2.05, 4.69) is 15.3 Å². The fraction of sp³-hybridized carbons (Fsp3) is 0.222. The predicted molar refractivity (Wildman–Crippen MR) is 62.6 cm³/mol. The van der Waals surface area contributed by atoms with E-state index in [0.29, 0.717) is 10.9 Å². The Morgan fingerprint density at radius 3 is 2.93 bits per heavy atom. The second kappa shape index (κ2) is 5.29. The molecule has 14 heavy (non-hydrogen) atoms. The Kier molecular flexibility index (Phi) is 4.00. The molecule has 0 aliphatic heterocycles. The molecular formula is C9H12N4S. The van der Waals surface area contributed by atoms with Gasteiger partial charge in [-0.05, 0) is 24.4 Å². The Bertz CT molecular complexity index is 321. The quantitative estimate of drug-likeness (QED) is 0.453. The predicted octanol–water partition coefficient (Wildman–Crippen LogP) is 1.37. The van der Waals surface area contributed by atoms with Crippen molar-refractivity contribution in [1.29, 1.82) is 0 Å². The van der Waals surface area contributed by atoms with E-state index in [-0.39, 0.29) is 0 Å². The van der Waals surface area contributed by atoms with Crippen molar-refractivity contribution in [1.82, 2.24) is 9.88 Å². The molecule has 0 saturated carbocycles. The van der Waals surface area contributed by atoms with Gasteiger partial charge in [-0.1, -0.05) is 6.07 Å². The SMILES string of the molecule is CN(C)C=NC(=S)Nc1ccccn1. The standard InChI is InChI=1S/C9H12N4S/c1-13(2)7-11-9(14)12-8-5-3-4-6-10-8/h3-7H,1-2H3,(H,10,12,14). The van der Waals surface area contributed by atoms with Gasteiger partial charge < -0.3 is 10.2 Å². The number of hydrogen-bond donors (Lipinski definition) is 1. The largest absolute Gasteiger partial charge is 0.369 e. The molecule has 0 radical (unpaired) electrons. The monoisotopic (exact) mass is 208 g/mol. The molecule has 1 rings (SSSR count). The van der Waals surface area contributed by atoms with Crippen molar-refractivity contribution in [3.05, 3.63) is 24.4 Å². The van der Waals surface area contributed by atoms with Gasteiger partial charge in [0, 0.05) is 20.3 Å². The summed E-state index contributed by atoms with van der Waals surface area (Å²) < 4.78 is 0. The second-order valence-corrected chi connectivity index (χ2v) is 3.24. The van der Waals surface area contributed by atoms with Crippen LogP contribution >= 0.6 is 12.2 Å². The summed E-state index contributed by atoms with van der Waals surface area (Å²) in [5.74, 6) is 0.702. The number of nitrogens with zero attached hydrogens (tertiary/aromatic N) is 3. The van der Waals surface area contributed by atoms with Crippen LogP contribution in [0.5, 0.6) is 0 Å². The van der Waals surface area contributed by atoms with E-state index in [1.54, 1.807) is 12.5 Å². The zero-order chi connectivity index (χ0) is 10.4. The third-order valence-corrected chi connectivity index (χ3v) is 1.51. The van der Waals surface area contributed by atoms with Crippen molar-refractivity contribution in [2.45, 2.75) is 0 Å². The number of rotatable bonds is 2. The van der Waals surface area contributed by atoms with Crippen molar-refractivity contribution in [3.63, 3.8) is 0 Å². The summed E-state index contributed by atoms with van der Waals surface area (Å²) in [6, 6.07) is 5.56. The van der Waals surface area contributed by atoms with E-state index >= 15 is 0 Å². The van der Waals surface area contributed by atoms with E-state index < -0.39 is 0 Å². The number of nitrogens with one attached hydrogen (secondary N) is 1. The Balaban J connectivity index is 2.50. The molecule has 1 N–H and O–H groups in total. The molecule has 0 unspecified atom stereocenters. The molecule has 1 heterocycles. The molecule has 0 aliphatic carbocycles. The third-order valence-electron chi connectivity index (χ3n) is 1.31. The summed E-state index contributed by atoms with van der Waals surface area (Å²) in [6.07, 6.45) is 3.33. The maximum absolute atomic E-state index is 4.98. The zero-order valence-corrected chi connectivity index (χ0v) is 8.95. The number of thiocarbonyl (C=S) groups is 1. The zero-order valence-electron chi connectivity index (χ0n) is 8.14. The second-order valence-electron chi connectivity index (χ2n) is 2.85. The fourth-order valence-corrected chi connectivity index (χ4v) is 0.898. The first-order valence-electron chi connectivity index (χ1n) is 4.11. The van der Waals surface area contributed by atoms with Crippen LogP contribution in [-0.4, -0.2) is 35.4 Å². The number of aliphatic imine (C=N–C) groups is 1. The lowest BCUT2D eigenvalue weighted by molar-refractivity contribution is 0.644. The van der Waals surface area contributed by atoms with Gasteiger partial charge in [-0.15, -0.1) is 0 Å². The molecule has 1 aromatic heterocycles. The van der Waals surface area contributed by atoms with Crippen LogP contribution in [0.4, 0.5) is 5.82 Å². The van der Waals surface area contributed by atoms with Gasteiger partial charge in [-0.25, -0.2) is 9.98 Å². The molecule has 0 aromatic carbocycles. The van der Waals surface area contributed by atoms with Crippen molar-refractivity contribution in [3.8, 4) is 0 Å². The molecule has 0 saturated heterocycles. The Labute approximate surface area is 88.7 Å². The molecule has 74 valence electrons. The van der Waals surface area contributed by atoms with Gasteiger partial charge in [0.25, 0.3) is 0 Å². The smallest absolute Gasteiger partial charge is 0.199 e. The van der Waals surface area contributed by atoms with Crippen LogP contribution in [0.2, 0.25) is 0 Å². The maximum Gasteiger partial charge on any atom is 0.199 e. The summed E-state index contributed by atoms with van der Waals surface area (Å²) in [4.78, 5) is 9.87. The minimum absolute atomic E-state index is 0.400. The maximum atomic E-state index is 4.98. The molecule has 0 amide bonds. The van der Waals surface area contributed by atoms with Gasteiger partial charge in [0.2, 0.25) is 0 Å². The summed E-state index contributed by atoms with van der Waals surface area (Å²) in [7, 11) is 3.76. The average Bonchev–Trinajstić information content (AvgIpc) is 2.16. The number of pyridine rings is 1. The van der Waals surface area contributed by atoms with E-state index in [1.165, 1.54) is 0 Å². The highest BCUT2D eigenvalue weighted by molar-refractivity contribution is 7.80. The van der Waals surface area contributed by atoms with E-state index in [1.807, 2.05) is 37.2 Å². The minimum Gasteiger partial charge on any atom is -0.369 e. The molecule has 1 aromatic rings.